The zero-order valence-corrected chi connectivity index (χ0v) is 13.4. The van der Waals surface area contributed by atoms with Crippen LogP contribution in [0.5, 0.6) is 5.75 Å². The van der Waals surface area contributed by atoms with E-state index in [-0.39, 0.29) is 4.83 Å². The molecule has 2 nitrogen and oxygen atoms in total. The first-order valence-corrected chi connectivity index (χ1v) is 7.52. The van der Waals surface area contributed by atoms with Crippen molar-refractivity contribution in [1.82, 2.24) is 0 Å². The van der Waals surface area contributed by atoms with E-state index in [1.807, 2.05) is 12.1 Å². The van der Waals surface area contributed by atoms with E-state index in [4.69, 9.17) is 9.47 Å². The van der Waals surface area contributed by atoms with Gasteiger partial charge in [0.1, 0.15) is 5.75 Å². The summed E-state index contributed by atoms with van der Waals surface area (Å²) in [6.07, 6.45) is 0.951. The van der Waals surface area contributed by atoms with Crippen molar-refractivity contribution in [2.24, 2.45) is 0 Å². The summed E-state index contributed by atoms with van der Waals surface area (Å²) in [7, 11) is 3.41. The van der Waals surface area contributed by atoms with E-state index in [1.165, 1.54) is 16.7 Å². The first-order chi connectivity index (χ1) is 9.74. The molecular weight excluding hydrogens is 316 g/mol. The van der Waals surface area contributed by atoms with E-state index in [0.717, 1.165) is 18.8 Å². The van der Waals surface area contributed by atoms with Gasteiger partial charge in [0.25, 0.3) is 0 Å². The molecule has 0 spiro atoms. The van der Waals surface area contributed by atoms with Crippen LogP contribution in [0.4, 0.5) is 0 Å². The molecule has 0 amide bonds. The molecule has 0 heterocycles. The zero-order chi connectivity index (χ0) is 14.4. The number of halogens is 1. The summed E-state index contributed by atoms with van der Waals surface area (Å²) >= 11 is 3.75. The van der Waals surface area contributed by atoms with Crippen molar-refractivity contribution in [1.29, 1.82) is 0 Å². The van der Waals surface area contributed by atoms with Gasteiger partial charge in [0, 0.05) is 7.11 Å². The molecule has 2 rings (SSSR count). The number of hydrogen-bond acceptors (Lipinski definition) is 2. The molecule has 2 aromatic carbocycles. The fourth-order valence-electron chi connectivity index (χ4n) is 2.04. The minimum atomic E-state index is 0.199. The Balaban J connectivity index is 2.09. The second-order valence-electron chi connectivity index (χ2n) is 4.62. The average molecular weight is 335 g/mol. The molecule has 0 saturated carbocycles. The number of hydrogen-bond donors (Lipinski definition) is 0. The number of rotatable bonds is 6. The molecule has 1 unspecified atom stereocenters. The lowest BCUT2D eigenvalue weighted by molar-refractivity contribution is 0.202. The smallest absolute Gasteiger partial charge is 0.118 e. The fourth-order valence-corrected chi connectivity index (χ4v) is 2.65. The highest BCUT2D eigenvalue weighted by Crippen LogP contribution is 2.31. The third kappa shape index (κ3) is 3.84. The van der Waals surface area contributed by atoms with Gasteiger partial charge in [-0.3, -0.25) is 0 Å². The molecule has 0 fully saturated rings. The van der Waals surface area contributed by atoms with E-state index in [9.17, 15) is 0 Å². The summed E-state index contributed by atoms with van der Waals surface area (Å²) in [6, 6.07) is 16.8. The lowest BCUT2D eigenvalue weighted by Crippen LogP contribution is -1.96. The first-order valence-electron chi connectivity index (χ1n) is 6.60. The van der Waals surface area contributed by atoms with Gasteiger partial charge in [-0.25, -0.2) is 0 Å². The van der Waals surface area contributed by atoms with E-state index >= 15 is 0 Å². The van der Waals surface area contributed by atoms with Crippen LogP contribution in [-0.2, 0) is 11.2 Å². The van der Waals surface area contributed by atoms with Crippen LogP contribution in [0, 0.1) is 0 Å². The Morgan fingerprint density at radius 2 is 1.45 bits per heavy atom. The Morgan fingerprint density at radius 3 is 1.95 bits per heavy atom. The van der Waals surface area contributed by atoms with E-state index in [2.05, 4.69) is 52.3 Å². The quantitative estimate of drug-likeness (QED) is 0.730. The summed E-state index contributed by atoms with van der Waals surface area (Å²) in [5.41, 5.74) is 3.76. The summed E-state index contributed by atoms with van der Waals surface area (Å²) in [5.74, 6) is 0.878. The molecule has 0 bridgehead atoms. The highest BCUT2D eigenvalue weighted by molar-refractivity contribution is 9.09. The van der Waals surface area contributed by atoms with Crippen molar-refractivity contribution in [2.45, 2.75) is 11.2 Å². The summed E-state index contributed by atoms with van der Waals surface area (Å²) < 4.78 is 10.3. The average Bonchev–Trinajstić information content (AvgIpc) is 2.53. The standard InChI is InChI=1S/C17H19BrO2/c1-19-12-11-13-3-5-14(6-4-13)17(18)15-7-9-16(20-2)10-8-15/h3-10,17H,11-12H2,1-2H3. The van der Waals surface area contributed by atoms with Crippen molar-refractivity contribution < 1.29 is 9.47 Å². The Bertz CT molecular complexity index is 520. The van der Waals surface area contributed by atoms with Crippen LogP contribution in [0.3, 0.4) is 0 Å². The van der Waals surface area contributed by atoms with Crippen molar-refractivity contribution in [3.8, 4) is 5.75 Å². The van der Waals surface area contributed by atoms with Gasteiger partial charge in [0.15, 0.2) is 0 Å². The van der Waals surface area contributed by atoms with Gasteiger partial charge in [-0.15, -0.1) is 0 Å². The molecule has 106 valence electrons. The first kappa shape index (κ1) is 15.1. The topological polar surface area (TPSA) is 18.5 Å². The van der Waals surface area contributed by atoms with Gasteiger partial charge in [-0.05, 0) is 35.2 Å². The molecule has 2 aromatic rings. The molecule has 20 heavy (non-hydrogen) atoms. The number of ether oxygens (including phenoxy) is 2. The van der Waals surface area contributed by atoms with Gasteiger partial charge in [-0.2, -0.15) is 0 Å². The Kier molecular flexibility index (Phi) is 5.62. The highest BCUT2D eigenvalue weighted by Gasteiger charge is 2.10. The van der Waals surface area contributed by atoms with Gasteiger partial charge in [0.2, 0.25) is 0 Å². The Hall–Kier alpha value is -1.32. The third-order valence-electron chi connectivity index (χ3n) is 3.28. The van der Waals surface area contributed by atoms with Crippen LogP contribution in [0.2, 0.25) is 0 Å². The third-order valence-corrected chi connectivity index (χ3v) is 4.33. The van der Waals surface area contributed by atoms with E-state index < -0.39 is 0 Å². The summed E-state index contributed by atoms with van der Waals surface area (Å²) in [5, 5.41) is 0. The van der Waals surface area contributed by atoms with Gasteiger partial charge >= 0.3 is 0 Å². The van der Waals surface area contributed by atoms with Crippen LogP contribution in [0.15, 0.2) is 48.5 Å². The maximum atomic E-state index is 5.18. The molecule has 0 N–H and O–H groups in total. The van der Waals surface area contributed by atoms with E-state index in [1.54, 1.807) is 14.2 Å². The predicted octanol–water partition coefficient (Wildman–Crippen LogP) is 4.37. The molecular formula is C17H19BrO2. The Morgan fingerprint density at radius 1 is 0.900 bits per heavy atom. The second kappa shape index (κ2) is 7.46. The molecule has 0 aliphatic rings. The molecule has 0 aliphatic carbocycles. The number of methoxy groups -OCH3 is 2. The monoisotopic (exact) mass is 334 g/mol. The lowest BCUT2D eigenvalue weighted by atomic mass is 10.0. The summed E-state index contributed by atoms with van der Waals surface area (Å²) in [4.78, 5) is 0.199. The molecule has 0 saturated heterocycles. The predicted molar refractivity (Wildman–Crippen MR) is 85.8 cm³/mol. The molecule has 3 heteroatoms. The van der Waals surface area contributed by atoms with E-state index in [0.29, 0.717) is 0 Å². The largest absolute Gasteiger partial charge is 0.497 e. The highest BCUT2D eigenvalue weighted by atomic mass is 79.9. The maximum Gasteiger partial charge on any atom is 0.118 e. The van der Waals surface area contributed by atoms with Crippen molar-refractivity contribution >= 4 is 15.9 Å². The van der Waals surface area contributed by atoms with Gasteiger partial charge in [-0.1, -0.05) is 52.3 Å². The van der Waals surface area contributed by atoms with Crippen LogP contribution >= 0.6 is 15.9 Å². The lowest BCUT2D eigenvalue weighted by Gasteiger charge is -2.12. The van der Waals surface area contributed by atoms with Gasteiger partial charge in [0.05, 0.1) is 18.5 Å². The van der Waals surface area contributed by atoms with Crippen LogP contribution in [-0.4, -0.2) is 20.8 Å². The van der Waals surface area contributed by atoms with Gasteiger partial charge < -0.3 is 9.47 Å². The zero-order valence-electron chi connectivity index (χ0n) is 11.8. The number of benzene rings is 2. The van der Waals surface area contributed by atoms with Crippen LogP contribution < -0.4 is 4.74 Å². The minimum absolute atomic E-state index is 0.199. The van der Waals surface area contributed by atoms with Crippen molar-refractivity contribution in [3.63, 3.8) is 0 Å². The van der Waals surface area contributed by atoms with Crippen LogP contribution in [0.25, 0.3) is 0 Å². The fraction of sp³-hybridized carbons (Fsp3) is 0.294. The van der Waals surface area contributed by atoms with Crippen molar-refractivity contribution in [2.75, 3.05) is 20.8 Å². The Labute approximate surface area is 128 Å². The normalized spacial score (nSPS) is 12.2. The maximum absolute atomic E-state index is 5.18. The molecule has 1 atom stereocenters. The minimum Gasteiger partial charge on any atom is -0.497 e. The number of alkyl halides is 1. The molecule has 0 aromatic heterocycles. The second-order valence-corrected chi connectivity index (χ2v) is 5.54. The summed E-state index contributed by atoms with van der Waals surface area (Å²) in [6.45, 7) is 0.759. The molecule has 0 aliphatic heterocycles. The molecule has 0 radical (unpaired) electrons. The van der Waals surface area contributed by atoms with Crippen LogP contribution in [0.1, 0.15) is 21.5 Å². The SMILES string of the molecule is COCCc1ccc(C(Br)c2ccc(OC)cc2)cc1. The van der Waals surface area contributed by atoms with Crippen molar-refractivity contribution in [3.05, 3.63) is 65.2 Å².